The summed E-state index contributed by atoms with van der Waals surface area (Å²) in [6.07, 6.45) is 13.1. The summed E-state index contributed by atoms with van der Waals surface area (Å²) in [7, 11) is 0. The quantitative estimate of drug-likeness (QED) is 0.455. The maximum absolute atomic E-state index is 13.0. The topological polar surface area (TPSA) is 0 Å². The van der Waals surface area contributed by atoms with Gasteiger partial charge in [0, 0.05) is 0 Å². The average Bonchev–Trinajstić information content (AvgIpc) is 2.67. The van der Waals surface area contributed by atoms with E-state index in [1.165, 1.54) is 74.6 Å². The van der Waals surface area contributed by atoms with E-state index in [4.69, 9.17) is 0 Å². The molecule has 1 aliphatic carbocycles. The lowest BCUT2D eigenvalue weighted by molar-refractivity contribution is 0.425. The maximum atomic E-state index is 13.0. The zero-order valence-electron chi connectivity index (χ0n) is 15.3. The van der Waals surface area contributed by atoms with Crippen molar-refractivity contribution in [1.29, 1.82) is 0 Å². The van der Waals surface area contributed by atoms with Crippen LogP contribution in [0.5, 0.6) is 0 Å². The van der Waals surface area contributed by atoms with Crippen LogP contribution in [0.25, 0.3) is 16.7 Å². The van der Waals surface area contributed by atoms with E-state index in [0.717, 1.165) is 17.0 Å². The Morgan fingerprint density at radius 1 is 0.840 bits per heavy atom. The highest BCUT2D eigenvalue weighted by Gasteiger charge is 2.15. The molecule has 1 aliphatic rings. The molecule has 0 saturated carbocycles. The monoisotopic (exact) mass is 336 g/mol. The molecule has 0 saturated heterocycles. The summed E-state index contributed by atoms with van der Waals surface area (Å²) in [4.78, 5) is 0. The minimum absolute atomic E-state index is 0.183. The summed E-state index contributed by atoms with van der Waals surface area (Å²) in [5, 5.41) is 0. The molecular formula is C24H29F. The lowest BCUT2D eigenvalue weighted by Crippen LogP contribution is -2.05. The Kier molecular flexibility index (Phi) is 6.44. The summed E-state index contributed by atoms with van der Waals surface area (Å²) in [6, 6.07) is 15.5. The van der Waals surface area contributed by atoms with Crippen molar-refractivity contribution in [3.05, 3.63) is 66.0 Å². The van der Waals surface area contributed by atoms with E-state index < -0.39 is 0 Å². The van der Waals surface area contributed by atoms with Crippen molar-refractivity contribution in [2.45, 2.75) is 58.3 Å². The normalized spacial score (nSPS) is 17.4. The summed E-state index contributed by atoms with van der Waals surface area (Å²) < 4.78 is 13.0. The van der Waals surface area contributed by atoms with Gasteiger partial charge in [-0.15, -0.1) is 0 Å². The molecule has 0 aromatic heterocycles. The highest BCUT2D eigenvalue weighted by Crippen LogP contribution is 2.33. The molecule has 0 heterocycles. The van der Waals surface area contributed by atoms with E-state index in [0.29, 0.717) is 0 Å². The number of hydrogen-bond acceptors (Lipinski definition) is 0. The molecule has 2 aromatic carbocycles. The molecule has 0 bridgehead atoms. The van der Waals surface area contributed by atoms with Crippen LogP contribution in [-0.2, 0) is 0 Å². The first-order valence-corrected chi connectivity index (χ1v) is 9.81. The predicted octanol–water partition coefficient (Wildman–Crippen LogP) is 7.65. The summed E-state index contributed by atoms with van der Waals surface area (Å²) in [6.45, 7) is 2.27. The number of benzene rings is 2. The van der Waals surface area contributed by atoms with Crippen LogP contribution in [0.2, 0.25) is 0 Å². The molecule has 25 heavy (non-hydrogen) atoms. The second-order valence-corrected chi connectivity index (χ2v) is 7.30. The van der Waals surface area contributed by atoms with Crippen molar-refractivity contribution in [1.82, 2.24) is 0 Å². The summed E-state index contributed by atoms with van der Waals surface area (Å²) in [5.74, 6) is 0.705. The molecule has 2 aromatic rings. The Bertz CT molecular complexity index is 679. The SMILES string of the molecule is CCCCCCC1CC=C(c2ccc(-c3ccc(F)cc3)cc2)CC1. The van der Waals surface area contributed by atoms with Crippen molar-refractivity contribution < 1.29 is 4.39 Å². The zero-order valence-corrected chi connectivity index (χ0v) is 15.3. The second-order valence-electron chi connectivity index (χ2n) is 7.30. The molecule has 0 N–H and O–H groups in total. The maximum Gasteiger partial charge on any atom is 0.123 e. The highest BCUT2D eigenvalue weighted by molar-refractivity contribution is 5.70. The Labute approximate surface area is 151 Å². The first-order chi connectivity index (χ1) is 12.3. The first kappa shape index (κ1) is 17.9. The standard InChI is InChI=1S/C24H29F/c1-2-3-4-5-6-19-7-9-20(10-8-19)21-11-13-22(14-12-21)23-15-17-24(25)18-16-23/h9,11-19H,2-8,10H2,1H3. The van der Waals surface area contributed by atoms with Crippen molar-refractivity contribution in [2.75, 3.05) is 0 Å². The highest BCUT2D eigenvalue weighted by atomic mass is 19.1. The molecule has 0 aliphatic heterocycles. The molecule has 1 heteroatoms. The Balaban J connectivity index is 1.57. The van der Waals surface area contributed by atoms with E-state index in [1.807, 2.05) is 12.1 Å². The summed E-state index contributed by atoms with van der Waals surface area (Å²) >= 11 is 0. The molecule has 132 valence electrons. The van der Waals surface area contributed by atoms with Crippen molar-refractivity contribution in [3.8, 4) is 11.1 Å². The van der Waals surface area contributed by atoms with Crippen LogP contribution in [0.4, 0.5) is 4.39 Å². The smallest absolute Gasteiger partial charge is 0.123 e. The van der Waals surface area contributed by atoms with Gasteiger partial charge in [-0.05, 0) is 59.6 Å². The van der Waals surface area contributed by atoms with Gasteiger partial charge in [-0.1, -0.05) is 81.5 Å². The Hall–Kier alpha value is -1.89. The van der Waals surface area contributed by atoms with E-state index in [1.54, 1.807) is 0 Å². The van der Waals surface area contributed by atoms with Crippen LogP contribution in [0.3, 0.4) is 0 Å². The third-order valence-electron chi connectivity index (χ3n) is 5.42. The molecule has 0 amide bonds. The zero-order chi connectivity index (χ0) is 17.5. The fraction of sp³-hybridized carbons (Fsp3) is 0.417. The Morgan fingerprint density at radius 3 is 2.08 bits per heavy atom. The van der Waals surface area contributed by atoms with Crippen LogP contribution in [-0.4, -0.2) is 0 Å². The second kappa shape index (κ2) is 8.99. The number of allylic oxidation sites excluding steroid dienone is 2. The van der Waals surface area contributed by atoms with E-state index in [-0.39, 0.29) is 5.82 Å². The van der Waals surface area contributed by atoms with Crippen LogP contribution < -0.4 is 0 Å². The van der Waals surface area contributed by atoms with Gasteiger partial charge in [0.2, 0.25) is 0 Å². The van der Waals surface area contributed by atoms with Gasteiger partial charge < -0.3 is 0 Å². The van der Waals surface area contributed by atoms with Crippen molar-refractivity contribution >= 4 is 5.57 Å². The van der Waals surface area contributed by atoms with E-state index in [9.17, 15) is 4.39 Å². The van der Waals surface area contributed by atoms with Gasteiger partial charge in [0.1, 0.15) is 5.82 Å². The van der Waals surface area contributed by atoms with Crippen molar-refractivity contribution in [3.63, 3.8) is 0 Å². The van der Waals surface area contributed by atoms with Crippen LogP contribution in [0.1, 0.15) is 63.9 Å². The van der Waals surface area contributed by atoms with E-state index in [2.05, 4.69) is 37.3 Å². The number of halogens is 1. The van der Waals surface area contributed by atoms with Gasteiger partial charge in [0.15, 0.2) is 0 Å². The molecular weight excluding hydrogens is 307 g/mol. The minimum Gasteiger partial charge on any atom is -0.207 e. The first-order valence-electron chi connectivity index (χ1n) is 9.81. The number of hydrogen-bond donors (Lipinski definition) is 0. The Morgan fingerprint density at radius 2 is 1.48 bits per heavy atom. The van der Waals surface area contributed by atoms with Crippen LogP contribution in [0.15, 0.2) is 54.6 Å². The molecule has 0 spiro atoms. The third kappa shape index (κ3) is 5.04. The molecule has 1 unspecified atom stereocenters. The lowest BCUT2D eigenvalue weighted by atomic mass is 9.83. The molecule has 0 fully saturated rings. The van der Waals surface area contributed by atoms with Crippen molar-refractivity contribution in [2.24, 2.45) is 5.92 Å². The number of rotatable bonds is 7. The van der Waals surface area contributed by atoms with Gasteiger partial charge >= 0.3 is 0 Å². The van der Waals surface area contributed by atoms with Crippen LogP contribution in [0, 0.1) is 11.7 Å². The van der Waals surface area contributed by atoms with Gasteiger partial charge in [0.05, 0.1) is 0 Å². The molecule has 1 atom stereocenters. The summed E-state index contributed by atoms with van der Waals surface area (Å²) in [5.41, 5.74) is 5.05. The molecule has 3 rings (SSSR count). The predicted molar refractivity (Wildman–Crippen MR) is 106 cm³/mol. The van der Waals surface area contributed by atoms with Gasteiger partial charge in [0.25, 0.3) is 0 Å². The van der Waals surface area contributed by atoms with Crippen LogP contribution >= 0.6 is 0 Å². The van der Waals surface area contributed by atoms with Gasteiger partial charge in [-0.2, -0.15) is 0 Å². The van der Waals surface area contributed by atoms with Gasteiger partial charge in [-0.3, -0.25) is 0 Å². The van der Waals surface area contributed by atoms with E-state index >= 15 is 0 Å². The fourth-order valence-corrected chi connectivity index (χ4v) is 3.79. The average molecular weight is 336 g/mol. The molecule has 0 nitrogen and oxygen atoms in total. The van der Waals surface area contributed by atoms with Gasteiger partial charge in [-0.25, -0.2) is 4.39 Å². The minimum atomic E-state index is -0.183. The lowest BCUT2D eigenvalue weighted by Gasteiger charge is -2.22. The largest absolute Gasteiger partial charge is 0.207 e. The third-order valence-corrected chi connectivity index (χ3v) is 5.42. The fourth-order valence-electron chi connectivity index (χ4n) is 3.79. The number of unbranched alkanes of at least 4 members (excludes halogenated alkanes) is 3. The molecule has 0 radical (unpaired) electrons.